The lowest BCUT2D eigenvalue weighted by Crippen LogP contribution is -2.55. The Kier molecular flexibility index (Phi) is 9.66. The fourth-order valence-corrected chi connectivity index (χ4v) is 5.98. The van der Waals surface area contributed by atoms with Crippen LogP contribution >= 0.6 is 11.6 Å². The maximum atomic E-state index is 10.5. The second kappa shape index (κ2) is 14.0. The largest absolute Gasteiger partial charge is 0.490 e. The van der Waals surface area contributed by atoms with Crippen LogP contribution in [-0.4, -0.2) is 64.7 Å². The number of hydrogen-bond acceptors (Lipinski definition) is 7. The molecule has 0 saturated carbocycles. The van der Waals surface area contributed by atoms with Crippen LogP contribution in [-0.2, 0) is 11.2 Å². The molecule has 1 heterocycles. The van der Waals surface area contributed by atoms with Crippen LogP contribution in [0.15, 0.2) is 109 Å². The summed E-state index contributed by atoms with van der Waals surface area (Å²) < 4.78 is 17.8. The minimum Gasteiger partial charge on any atom is -0.490 e. The maximum absolute atomic E-state index is 10.5. The smallest absolute Gasteiger partial charge is 0.127 e. The molecule has 5 aromatic rings. The third kappa shape index (κ3) is 6.84. The number of rotatable bonds is 10. The number of halogens is 1. The van der Waals surface area contributed by atoms with E-state index in [0.717, 1.165) is 28.0 Å². The summed E-state index contributed by atoms with van der Waals surface area (Å²) in [6.07, 6.45) is -5.61. The second-order valence-corrected chi connectivity index (χ2v) is 11.5. The van der Waals surface area contributed by atoms with Gasteiger partial charge in [0.2, 0.25) is 0 Å². The summed E-state index contributed by atoms with van der Waals surface area (Å²) in [4.78, 5) is 0. The van der Waals surface area contributed by atoms with E-state index in [1.807, 2.05) is 60.7 Å². The van der Waals surface area contributed by atoms with Crippen molar-refractivity contribution in [2.75, 3.05) is 19.8 Å². The van der Waals surface area contributed by atoms with Crippen molar-refractivity contribution in [1.82, 2.24) is 0 Å². The number of hydrogen-bond donors (Lipinski definition) is 4. The van der Waals surface area contributed by atoms with E-state index in [-0.39, 0.29) is 0 Å². The molecule has 1 aliphatic heterocycles. The third-order valence-corrected chi connectivity index (χ3v) is 8.55. The number of benzene rings is 5. The molecule has 5 atom stereocenters. The van der Waals surface area contributed by atoms with Crippen molar-refractivity contribution in [3.8, 4) is 22.6 Å². The van der Waals surface area contributed by atoms with E-state index < -0.39 is 37.1 Å². The highest BCUT2D eigenvalue weighted by Crippen LogP contribution is 2.36. The van der Waals surface area contributed by atoms with E-state index in [1.165, 1.54) is 10.8 Å². The van der Waals surface area contributed by atoms with Crippen LogP contribution in [0, 0.1) is 0 Å². The predicted octanol–water partition coefficient (Wildman–Crippen LogP) is 5.72. The Morgan fingerprint density at radius 2 is 1.40 bits per heavy atom. The predicted molar refractivity (Wildman–Crippen MR) is 174 cm³/mol. The molecule has 0 bridgehead atoms. The number of aliphatic hydroxyl groups is 4. The van der Waals surface area contributed by atoms with E-state index in [1.54, 1.807) is 12.1 Å². The average Bonchev–Trinajstić information content (AvgIpc) is 3.07. The first-order chi connectivity index (χ1) is 21.9. The molecule has 1 fully saturated rings. The molecule has 232 valence electrons. The van der Waals surface area contributed by atoms with Gasteiger partial charge in [0.25, 0.3) is 0 Å². The summed E-state index contributed by atoms with van der Waals surface area (Å²) in [5, 5.41) is 43.3. The average molecular weight is 627 g/mol. The van der Waals surface area contributed by atoms with Crippen LogP contribution in [0.4, 0.5) is 0 Å². The zero-order chi connectivity index (χ0) is 31.3. The van der Waals surface area contributed by atoms with Gasteiger partial charge in [-0.25, -0.2) is 0 Å². The quantitative estimate of drug-likeness (QED) is 0.147. The van der Waals surface area contributed by atoms with Crippen LogP contribution in [0.2, 0.25) is 5.02 Å². The minimum atomic E-state index is -1.45. The fourth-order valence-electron chi connectivity index (χ4n) is 5.79. The molecule has 45 heavy (non-hydrogen) atoms. The normalized spacial score (nSPS) is 21.5. The van der Waals surface area contributed by atoms with Gasteiger partial charge in [-0.1, -0.05) is 96.5 Å². The highest BCUT2D eigenvalue weighted by molar-refractivity contribution is 6.31. The summed E-state index contributed by atoms with van der Waals surface area (Å²) in [7, 11) is 0. The highest BCUT2D eigenvalue weighted by atomic mass is 35.5. The van der Waals surface area contributed by atoms with E-state index in [4.69, 9.17) is 25.8 Å². The number of fused-ring (bicyclic) bond motifs is 1. The first-order valence-electron chi connectivity index (χ1n) is 14.9. The van der Waals surface area contributed by atoms with E-state index >= 15 is 0 Å². The summed E-state index contributed by atoms with van der Waals surface area (Å²) in [5.41, 5.74) is 4.55. The number of aliphatic hydroxyl groups excluding tert-OH is 4. The lowest BCUT2D eigenvalue weighted by molar-refractivity contribution is -0.231. The molecule has 8 heteroatoms. The van der Waals surface area contributed by atoms with Crippen molar-refractivity contribution < 1.29 is 34.6 Å². The van der Waals surface area contributed by atoms with Gasteiger partial charge < -0.3 is 34.6 Å². The van der Waals surface area contributed by atoms with Crippen molar-refractivity contribution in [2.24, 2.45) is 0 Å². The molecule has 1 aliphatic rings. The van der Waals surface area contributed by atoms with Gasteiger partial charge in [-0.2, -0.15) is 0 Å². The number of para-hydroxylation sites is 1. The van der Waals surface area contributed by atoms with Gasteiger partial charge in [0.05, 0.1) is 6.61 Å². The van der Waals surface area contributed by atoms with Crippen molar-refractivity contribution >= 4 is 22.4 Å². The standard InChI is InChI=1S/C37H35ClO7/c38-31-17-14-25(37-36(42)35(41)34(40)33(22-39)45-37)21-26(31)20-23-12-15-27(16-13-23)43-18-19-44-32-11-4-3-9-30(32)29-10-5-7-24-6-1-2-8-28(24)29/h1-17,21,33-37,39-42H,18-20,22H2/t33-,34-,35+,36-,37+/m1/s1. The van der Waals surface area contributed by atoms with Gasteiger partial charge in [0.1, 0.15) is 55.2 Å². The Labute approximate surface area is 266 Å². The highest BCUT2D eigenvalue weighted by Gasteiger charge is 2.44. The SMILES string of the molecule is OC[C@H]1O[C@@H](c2ccc(Cl)c(Cc3ccc(OCCOc4ccccc4-c4cccc5ccccc45)cc3)c2)[C@H](O)[C@@H](O)[C@@H]1O. The van der Waals surface area contributed by atoms with Crippen LogP contribution in [0.3, 0.4) is 0 Å². The summed E-state index contributed by atoms with van der Waals surface area (Å²) in [6, 6.07) is 35.6. The van der Waals surface area contributed by atoms with Crippen molar-refractivity contribution in [3.05, 3.63) is 131 Å². The van der Waals surface area contributed by atoms with Gasteiger partial charge in [0, 0.05) is 10.6 Å². The first-order valence-corrected chi connectivity index (χ1v) is 15.3. The minimum absolute atomic E-state index is 0.371. The molecule has 7 nitrogen and oxygen atoms in total. The molecule has 0 unspecified atom stereocenters. The van der Waals surface area contributed by atoms with Crippen molar-refractivity contribution in [3.63, 3.8) is 0 Å². The topological polar surface area (TPSA) is 109 Å². The molecule has 0 aromatic heterocycles. The fraction of sp³-hybridized carbons (Fsp3) is 0.243. The molecule has 0 spiro atoms. The van der Waals surface area contributed by atoms with Crippen LogP contribution in [0.1, 0.15) is 22.8 Å². The first kappa shape index (κ1) is 31.0. The van der Waals surface area contributed by atoms with E-state index in [2.05, 4.69) is 36.4 Å². The zero-order valence-corrected chi connectivity index (χ0v) is 25.3. The molecular weight excluding hydrogens is 592 g/mol. The molecular formula is C37H35ClO7. The molecule has 6 rings (SSSR count). The molecule has 4 N–H and O–H groups in total. The Balaban J connectivity index is 1.07. The second-order valence-electron chi connectivity index (χ2n) is 11.1. The zero-order valence-electron chi connectivity index (χ0n) is 24.5. The Hall–Kier alpha value is -3.95. The lowest BCUT2D eigenvalue weighted by Gasteiger charge is -2.40. The lowest BCUT2D eigenvalue weighted by atomic mass is 9.90. The van der Waals surface area contributed by atoms with Crippen molar-refractivity contribution in [1.29, 1.82) is 0 Å². The summed E-state index contributed by atoms with van der Waals surface area (Å²) in [6.45, 7) is 0.265. The van der Waals surface area contributed by atoms with Crippen LogP contribution in [0.5, 0.6) is 11.5 Å². The summed E-state index contributed by atoms with van der Waals surface area (Å²) >= 11 is 6.50. The molecule has 0 amide bonds. The Bertz CT molecular complexity index is 1730. The third-order valence-electron chi connectivity index (χ3n) is 8.18. The van der Waals surface area contributed by atoms with Gasteiger partial charge in [-0.15, -0.1) is 0 Å². The van der Waals surface area contributed by atoms with E-state index in [0.29, 0.717) is 36.0 Å². The molecule has 1 saturated heterocycles. The van der Waals surface area contributed by atoms with Crippen molar-refractivity contribution in [2.45, 2.75) is 36.9 Å². The van der Waals surface area contributed by atoms with Gasteiger partial charge in [0.15, 0.2) is 0 Å². The monoisotopic (exact) mass is 626 g/mol. The van der Waals surface area contributed by atoms with Gasteiger partial charge in [-0.05, 0) is 63.7 Å². The van der Waals surface area contributed by atoms with E-state index in [9.17, 15) is 20.4 Å². The van der Waals surface area contributed by atoms with Gasteiger partial charge >= 0.3 is 0 Å². The van der Waals surface area contributed by atoms with Gasteiger partial charge in [-0.3, -0.25) is 0 Å². The van der Waals surface area contributed by atoms with Crippen LogP contribution < -0.4 is 9.47 Å². The van der Waals surface area contributed by atoms with Crippen LogP contribution in [0.25, 0.3) is 21.9 Å². The molecule has 5 aromatic carbocycles. The molecule has 0 radical (unpaired) electrons. The Morgan fingerprint density at radius 3 is 2.22 bits per heavy atom. The maximum Gasteiger partial charge on any atom is 0.127 e. The molecule has 0 aliphatic carbocycles. The number of ether oxygens (including phenoxy) is 3. The Morgan fingerprint density at radius 1 is 0.689 bits per heavy atom. The summed E-state index contributed by atoms with van der Waals surface area (Å²) in [5.74, 6) is 1.52.